The maximum absolute atomic E-state index is 15.4. The molecule has 0 saturated heterocycles. The summed E-state index contributed by atoms with van der Waals surface area (Å²) in [5.41, 5.74) is 1.58. The van der Waals surface area contributed by atoms with E-state index in [-0.39, 0.29) is 34.5 Å². The molecule has 10 heteroatoms. The van der Waals surface area contributed by atoms with Crippen LogP contribution in [0.5, 0.6) is 0 Å². The molecule has 3 aliphatic rings. The number of aromatic nitrogens is 4. The van der Waals surface area contributed by atoms with Crippen LogP contribution < -0.4 is 5.32 Å². The summed E-state index contributed by atoms with van der Waals surface area (Å²) in [6, 6.07) is 1.30. The van der Waals surface area contributed by atoms with Gasteiger partial charge in [0, 0.05) is 34.9 Å². The molecule has 3 saturated carbocycles. The normalized spacial score (nSPS) is 24.3. The Morgan fingerprint density at radius 1 is 1.27 bits per heavy atom. The number of aromatic amines is 1. The van der Waals surface area contributed by atoms with Crippen LogP contribution >= 0.6 is 11.8 Å². The Kier molecular flexibility index (Phi) is 5.94. The number of alkyl halides is 1. The molecule has 3 aromatic rings. The van der Waals surface area contributed by atoms with E-state index in [4.69, 9.17) is 0 Å². The summed E-state index contributed by atoms with van der Waals surface area (Å²) < 4.78 is 28.6. The summed E-state index contributed by atoms with van der Waals surface area (Å²) >= 11 is 1.26. The van der Waals surface area contributed by atoms with E-state index in [1.807, 2.05) is 6.92 Å². The van der Waals surface area contributed by atoms with Crippen molar-refractivity contribution >= 4 is 34.6 Å². The number of carboxylic acid groups (broad SMARTS) is 1. The van der Waals surface area contributed by atoms with Gasteiger partial charge in [-0.15, -0.1) is 11.8 Å². The maximum atomic E-state index is 15.4. The molecule has 0 radical (unpaired) electrons. The summed E-state index contributed by atoms with van der Waals surface area (Å²) in [5.74, 6) is -0.810. The number of carboxylic acids is 1. The number of fused-ring (bicyclic) bond motifs is 4. The molecule has 0 aromatic carbocycles. The van der Waals surface area contributed by atoms with E-state index in [9.17, 15) is 14.3 Å². The molecule has 0 unspecified atom stereocenters. The van der Waals surface area contributed by atoms with E-state index in [1.54, 1.807) is 12.3 Å². The first-order valence-electron chi connectivity index (χ1n) is 11.2. The van der Waals surface area contributed by atoms with E-state index in [2.05, 4.69) is 25.3 Å². The van der Waals surface area contributed by atoms with Gasteiger partial charge in [-0.2, -0.15) is 4.39 Å². The highest BCUT2D eigenvalue weighted by atomic mass is 32.2. The number of rotatable bonds is 7. The number of hydrogen-bond donors (Lipinski definition) is 3. The first-order valence-corrected chi connectivity index (χ1v) is 12.2. The summed E-state index contributed by atoms with van der Waals surface area (Å²) in [7, 11) is 0. The highest BCUT2D eigenvalue weighted by Crippen LogP contribution is 2.46. The van der Waals surface area contributed by atoms with Crippen LogP contribution in [0.4, 0.5) is 14.6 Å². The third kappa shape index (κ3) is 3.94. The van der Waals surface area contributed by atoms with Crippen molar-refractivity contribution in [3.05, 3.63) is 29.8 Å². The molecule has 2 atom stereocenters. The molecular formula is C23H25F2N5O2S. The molecule has 3 aliphatic carbocycles. The van der Waals surface area contributed by atoms with Gasteiger partial charge in [0.1, 0.15) is 17.3 Å². The lowest BCUT2D eigenvalue weighted by atomic mass is 9.61. The number of hydrogen-bond acceptors (Lipinski definition) is 6. The van der Waals surface area contributed by atoms with Gasteiger partial charge in [-0.25, -0.2) is 19.3 Å². The van der Waals surface area contributed by atoms with E-state index >= 15 is 4.39 Å². The zero-order valence-corrected chi connectivity index (χ0v) is 19.0. The molecule has 0 spiro atoms. The van der Waals surface area contributed by atoms with Gasteiger partial charge < -0.3 is 15.4 Å². The molecule has 3 N–H and O–H groups in total. The Hall–Kier alpha value is -2.75. The third-order valence-corrected chi connectivity index (χ3v) is 7.73. The number of pyridine rings is 1. The van der Waals surface area contributed by atoms with Gasteiger partial charge in [0.05, 0.1) is 5.92 Å². The van der Waals surface area contributed by atoms with Gasteiger partial charge in [0.2, 0.25) is 0 Å². The molecule has 33 heavy (non-hydrogen) atoms. The van der Waals surface area contributed by atoms with Crippen LogP contribution in [0.1, 0.15) is 38.2 Å². The van der Waals surface area contributed by atoms with Gasteiger partial charge in [-0.1, -0.05) is 6.92 Å². The van der Waals surface area contributed by atoms with Crippen LogP contribution in [-0.2, 0) is 11.5 Å². The van der Waals surface area contributed by atoms with Gasteiger partial charge in [-0.3, -0.25) is 4.79 Å². The van der Waals surface area contributed by atoms with Crippen molar-refractivity contribution in [2.45, 2.75) is 50.3 Å². The Morgan fingerprint density at radius 2 is 2.03 bits per heavy atom. The first kappa shape index (κ1) is 22.1. The van der Waals surface area contributed by atoms with Crippen molar-refractivity contribution in [3.8, 4) is 11.4 Å². The highest BCUT2D eigenvalue weighted by molar-refractivity contribution is 7.99. The van der Waals surface area contributed by atoms with Crippen molar-refractivity contribution in [2.24, 2.45) is 17.8 Å². The molecule has 0 amide bonds. The minimum Gasteiger partial charge on any atom is -0.481 e. The molecule has 3 fully saturated rings. The Balaban J connectivity index is 1.58. The number of aliphatic carboxylic acids is 1. The number of halogens is 2. The lowest BCUT2D eigenvalue weighted by Gasteiger charge is -2.47. The standard InChI is InChI=1S/C23H25F2N5O2S/c1-2-33-22-17(25)21(28-18-13-5-3-12(4-6-13)16(18)23(31)32)29-20(30-22)15-10-27-19-14(15)7-11(8-24)9-26-19/h7,9-10,12-13,16,18H,2-6,8H2,1H3,(H,26,27)(H,31,32)(H,28,29,30)/t12?,13?,16-,18-/m0/s1. The van der Waals surface area contributed by atoms with Crippen molar-refractivity contribution in [1.82, 2.24) is 19.9 Å². The second-order valence-corrected chi connectivity index (χ2v) is 9.99. The summed E-state index contributed by atoms with van der Waals surface area (Å²) in [6.07, 6.45) is 6.80. The van der Waals surface area contributed by atoms with E-state index < -0.39 is 24.4 Å². The van der Waals surface area contributed by atoms with Gasteiger partial charge in [-0.05, 0) is 49.3 Å². The molecule has 2 bridgehead atoms. The number of thioether (sulfide) groups is 1. The van der Waals surface area contributed by atoms with Crippen LogP contribution in [0.3, 0.4) is 0 Å². The zero-order valence-electron chi connectivity index (χ0n) is 18.1. The fourth-order valence-corrected chi connectivity index (χ4v) is 6.00. The van der Waals surface area contributed by atoms with Crippen molar-refractivity contribution < 1.29 is 18.7 Å². The van der Waals surface area contributed by atoms with Crippen molar-refractivity contribution in [3.63, 3.8) is 0 Å². The summed E-state index contributed by atoms with van der Waals surface area (Å²) in [6.45, 7) is 1.26. The average molecular weight is 474 g/mol. The maximum Gasteiger partial charge on any atom is 0.308 e. The number of nitrogens with one attached hydrogen (secondary N) is 2. The monoisotopic (exact) mass is 473 g/mol. The van der Waals surface area contributed by atoms with E-state index in [0.29, 0.717) is 27.9 Å². The number of anilines is 1. The SMILES string of the molecule is CCSc1nc(-c2c[nH]c3ncc(CF)cc23)nc(N[C@H]2C3CCC(CC3)[C@@H]2C(=O)O)c1F. The molecular weight excluding hydrogens is 448 g/mol. The molecule has 3 aromatic heterocycles. The Bertz CT molecular complexity index is 1200. The molecule has 6 rings (SSSR count). The van der Waals surface area contributed by atoms with Gasteiger partial charge >= 0.3 is 5.97 Å². The molecule has 3 heterocycles. The van der Waals surface area contributed by atoms with Crippen LogP contribution in [0.25, 0.3) is 22.4 Å². The van der Waals surface area contributed by atoms with Crippen molar-refractivity contribution in [1.29, 1.82) is 0 Å². The van der Waals surface area contributed by atoms with Gasteiger partial charge in [0.25, 0.3) is 0 Å². The summed E-state index contributed by atoms with van der Waals surface area (Å²) in [4.78, 5) is 28.3. The quantitative estimate of drug-likeness (QED) is 0.326. The van der Waals surface area contributed by atoms with Crippen LogP contribution in [0, 0.1) is 23.6 Å². The van der Waals surface area contributed by atoms with Gasteiger partial charge in [0.15, 0.2) is 17.5 Å². The third-order valence-electron chi connectivity index (χ3n) is 6.89. The van der Waals surface area contributed by atoms with Crippen LogP contribution in [0.15, 0.2) is 23.5 Å². The predicted molar refractivity (Wildman–Crippen MR) is 122 cm³/mol. The Labute approximate surface area is 193 Å². The number of nitrogens with zero attached hydrogens (tertiary/aromatic N) is 3. The van der Waals surface area contributed by atoms with Crippen molar-refractivity contribution in [2.75, 3.05) is 11.1 Å². The Morgan fingerprint density at radius 3 is 2.73 bits per heavy atom. The lowest BCUT2D eigenvalue weighted by Crippen LogP contribution is -2.51. The molecule has 0 aliphatic heterocycles. The van der Waals surface area contributed by atoms with Crippen LogP contribution in [0.2, 0.25) is 0 Å². The smallest absolute Gasteiger partial charge is 0.308 e. The van der Waals surface area contributed by atoms with E-state index in [0.717, 1.165) is 25.7 Å². The fourth-order valence-electron chi connectivity index (χ4n) is 5.35. The van der Waals surface area contributed by atoms with Crippen LogP contribution in [-0.4, -0.2) is 42.8 Å². The van der Waals surface area contributed by atoms with E-state index in [1.165, 1.54) is 18.0 Å². The second kappa shape index (κ2) is 8.89. The first-order chi connectivity index (χ1) is 16.0. The molecule has 174 valence electrons. The fraction of sp³-hybridized carbons (Fsp3) is 0.478. The average Bonchev–Trinajstić information content (AvgIpc) is 3.25. The highest BCUT2D eigenvalue weighted by Gasteiger charge is 2.47. The lowest BCUT2D eigenvalue weighted by molar-refractivity contribution is -0.148. The summed E-state index contributed by atoms with van der Waals surface area (Å²) in [5, 5.41) is 13.9. The number of carbonyl (C=O) groups is 1. The minimum atomic E-state index is -0.846. The topological polar surface area (TPSA) is 104 Å². The predicted octanol–water partition coefficient (Wildman–Crippen LogP) is 5.04. The minimum absolute atomic E-state index is 0.0173. The molecule has 7 nitrogen and oxygen atoms in total. The number of H-pyrrole nitrogens is 1. The zero-order chi connectivity index (χ0) is 23.1. The second-order valence-electron chi connectivity index (χ2n) is 8.73. The largest absolute Gasteiger partial charge is 0.481 e.